The van der Waals surface area contributed by atoms with E-state index in [9.17, 15) is 4.79 Å². The number of fused-ring (bicyclic) bond motifs is 1. The van der Waals surface area contributed by atoms with Crippen LogP contribution in [0.5, 0.6) is 11.5 Å². The number of aromatic amines is 1. The van der Waals surface area contributed by atoms with Gasteiger partial charge in [0.25, 0.3) is 5.91 Å². The summed E-state index contributed by atoms with van der Waals surface area (Å²) in [5, 5.41) is 6.87. The Morgan fingerprint density at radius 3 is 2.52 bits per heavy atom. The fourth-order valence-corrected chi connectivity index (χ4v) is 3.13. The Morgan fingerprint density at radius 1 is 1.07 bits per heavy atom. The molecule has 1 unspecified atom stereocenters. The molecule has 2 heterocycles. The minimum Gasteiger partial charge on any atom is -0.486 e. The molecule has 1 atom stereocenters. The highest BCUT2D eigenvalue weighted by Crippen LogP contribution is 2.34. The maximum absolute atomic E-state index is 12.9. The van der Waals surface area contributed by atoms with E-state index in [1.54, 1.807) is 11.1 Å². The molecule has 2 aromatic carbocycles. The Kier molecular flexibility index (Phi) is 4.54. The molecule has 0 spiro atoms. The highest BCUT2D eigenvalue weighted by molar-refractivity contribution is 5.94. The van der Waals surface area contributed by atoms with E-state index in [1.807, 2.05) is 62.5 Å². The van der Waals surface area contributed by atoms with Gasteiger partial charge in [-0.05, 0) is 48.4 Å². The summed E-state index contributed by atoms with van der Waals surface area (Å²) in [6.07, 6.45) is 1.71. The van der Waals surface area contributed by atoms with Crippen molar-refractivity contribution in [3.63, 3.8) is 0 Å². The van der Waals surface area contributed by atoms with E-state index >= 15 is 0 Å². The van der Waals surface area contributed by atoms with E-state index in [2.05, 4.69) is 10.2 Å². The zero-order chi connectivity index (χ0) is 18.8. The molecule has 0 saturated carbocycles. The minimum atomic E-state index is -0.0967. The Balaban J connectivity index is 1.51. The van der Waals surface area contributed by atoms with Crippen LogP contribution in [0.25, 0.3) is 11.3 Å². The molecule has 3 aromatic rings. The predicted molar refractivity (Wildman–Crippen MR) is 102 cm³/mol. The first kappa shape index (κ1) is 17.1. The maximum atomic E-state index is 12.9. The van der Waals surface area contributed by atoms with Crippen LogP contribution < -0.4 is 9.47 Å². The van der Waals surface area contributed by atoms with E-state index in [-0.39, 0.29) is 11.9 Å². The number of nitrogens with one attached hydrogen (secondary N) is 1. The quantitative estimate of drug-likeness (QED) is 0.768. The lowest BCUT2D eigenvalue weighted by Crippen LogP contribution is -2.29. The molecule has 1 aliphatic rings. The van der Waals surface area contributed by atoms with Crippen LogP contribution in [-0.2, 0) is 0 Å². The number of benzene rings is 2. The minimum absolute atomic E-state index is 0.0338. The zero-order valence-corrected chi connectivity index (χ0v) is 15.3. The average molecular weight is 363 g/mol. The van der Waals surface area contributed by atoms with Crippen LogP contribution in [0.1, 0.15) is 28.9 Å². The molecule has 4 rings (SSSR count). The van der Waals surface area contributed by atoms with Crippen molar-refractivity contribution in [2.75, 3.05) is 20.3 Å². The molecule has 1 aromatic heterocycles. The number of hydrogen-bond donors (Lipinski definition) is 1. The molecule has 0 saturated heterocycles. The van der Waals surface area contributed by atoms with Gasteiger partial charge in [0, 0.05) is 18.8 Å². The summed E-state index contributed by atoms with van der Waals surface area (Å²) in [5.74, 6) is 1.45. The van der Waals surface area contributed by atoms with Gasteiger partial charge in [0.15, 0.2) is 11.5 Å². The largest absolute Gasteiger partial charge is 0.486 e. The third-order valence-electron chi connectivity index (χ3n) is 4.89. The lowest BCUT2D eigenvalue weighted by atomic mass is 10.0. The number of H-pyrrole nitrogens is 1. The SMILES string of the molecule is CC(c1ccc2c(c1)OCCO2)N(C)C(=O)c1ccc(-c2ccn[nH]2)cc1. The van der Waals surface area contributed by atoms with Gasteiger partial charge >= 0.3 is 0 Å². The number of carbonyl (C=O) groups excluding carboxylic acids is 1. The topological polar surface area (TPSA) is 67.5 Å². The third-order valence-corrected chi connectivity index (χ3v) is 4.89. The number of amides is 1. The second-order valence-corrected chi connectivity index (χ2v) is 6.54. The molecule has 6 nitrogen and oxygen atoms in total. The van der Waals surface area contributed by atoms with Crippen molar-refractivity contribution < 1.29 is 14.3 Å². The highest BCUT2D eigenvalue weighted by atomic mass is 16.6. The van der Waals surface area contributed by atoms with Gasteiger partial charge in [0.05, 0.1) is 11.7 Å². The van der Waals surface area contributed by atoms with E-state index in [4.69, 9.17) is 9.47 Å². The van der Waals surface area contributed by atoms with Gasteiger partial charge in [-0.1, -0.05) is 18.2 Å². The van der Waals surface area contributed by atoms with Crippen LogP contribution in [-0.4, -0.2) is 41.3 Å². The summed E-state index contributed by atoms with van der Waals surface area (Å²) in [7, 11) is 1.81. The molecular formula is C21H21N3O3. The molecule has 0 bridgehead atoms. The zero-order valence-electron chi connectivity index (χ0n) is 15.3. The summed E-state index contributed by atoms with van der Waals surface area (Å²) in [6, 6.07) is 15.1. The number of aromatic nitrogens is 2. The molecule has 1 amide bonds. The van der Waals surface area contributed by atoms with E-state index in [0.717, 1.165) is 28.3 Å². The molecular weight excluding hydrogens is 342 g/mol. The molecule has 0 aliphatic carbocycles. The fraction of sp³-hybridized carbons (Fsp3) is 0.238. The van der Waals surface area contributed by atoms with Gasteiger partial charge in [-0.15, -0.1) is 0 Å². The molecule has 1 aliphatic heterocycles. The Bertz CT molecular complexity index is 936. The second kappa shape index (κ2) is 7.15. The summed E-state index contributed by atoms with van der Waals surface area (Å²) >= 11 is 0. The van der Waals surface area contributed by atoms with Crippen molar-refractivity contribution in [2.24, 2.45) is 0 Å². The van der Waals surface area contributed by atoms with Gasteiger partial charge < -0.3 is 14.4 Å². The van der Waals surface area contributed by atoms with E-state index in [0.29, 0.717) is 18.8 Å². The lowest BCUT2D eigenvalue weighted by molar-refractivity contribution is 0.0742. The average Bonchev–Trinajstić information content (AvgIpc) is 3.27. The highest BCUT2D eigenvalue weighted by Gasteiger charge is 2.21. The molecule has 1 N–H and O–H groups in total. The van der Waals surface area contributed by atoms with Crippen molar-refractivity contribution >= 4 is 5.91 Å². The summed E-state index contributed by atoms with van der Waals surface area (Å²) in [5.41, 5.74) is 3.56. The summed E-state index contributed by atoms with van der Waals surface area (Å²) < 4.78 is 11.2. The number of hydrogen-bond acceptors (Lipinski definition) is 4. The number of carbonyl (C=O) groups is 1. The Hall–Kier alpha value is -3.28. The van der Waals surface area contributed by atoms with Crippen molar-refractivity contribution in [1.82, 2.24) is 15.1 Å². The van der Waals surface area contributed by atoms with Crippen LogP contribution in [0.4, 0.5) is 0 Å². The number of ether oxygens (including phenoxy) is 2. The second-order valence-electron chi connectivity index (χ2n) is 6.54. The fourth-order valence-electron chi connectivity index (χ4n) is 3.13. The number of rotatable bonds is 4. The smallest absolute Gasteiger partial charge is 0.254 e. The summed E-state index contributed by atoms with van der Waals surface area (Å²) in [6.45, 7) is 3.11. The predicted octanol–water partition coefficient (Wildman–Crippen LogP) is 3.68. The van der Waals surface area contributed by atoms with Crippen molar-refractivity contribution in [3.05, 3.63) is 65.9 Å². The Labute approximate surface area is 157 Å². The van der Waals surface area contributed by atoms with E-state index < -0.39 is 0 Å². The first-order chi connectivity index (χ1) is 13.1. The molecule has 0 fully saturated rings. The van der Waals surface area contributed by atoms with Crippen molar-refractivity contribution in [2.45, 2.75) is 13.0 Å². The van der Waals surface area contributed by atoms with Gasteiger partial charge in [0.2, 0.25) is 0 Å². The number of nitrogens with zero attached hydrogens (tertiary/aromatic N) is 2. The standard InChI is InChI=1S/C21H21N3O3/c1-14(17-7-8-19-20(13-17)27-12-11-26-19)24(2)21(25)16-5-3-15(4-6-16)18-9-10-22-23-18/h3-10,13-14H,11-12H2,1-2H3,(H,22,23). The lowest BCUT2D eigenvalue weighted by Gasteiger charge is -2.27. The summed E-state index contributed by atoms with van der Waals surface area (Å²) in [4.78, 5) is 14.6. The van der Waals surface area contributed by atoms with Crippen LogP contribution in [0.3, 0.4) is 0 Å². The van der Waals surface area contributed by atoms with Crippen LogP contribution >= 0.6 is 0 Å². The van der Waals surface area contributed by atoms with Gasteiger partial charge in [0.1, 0.15) is 13.2 Å². The van der Waals surface area contributed by atoms with Crippen molar-refractivity contribution in [3.8, 4) is 22.8 Å². The monoisotopic (exact) mass is 363 g/mol. The Morgan fingerprint density at radius 2 is 1.81 bits per heavy atom. The van der Waals surface area contributed by atoms with Crippen molar-refractivity contribution in [1.29, 1.82) is 0 Å². The first-order valence-electron chi connectivity index (χ1n) is 8.90. The molecule has 27 heavy (non-hydrogen) atoms. The molecule has 6 heteroatoms. The van der Waals surface area contributed by atoms with Crippen LogP contribution in [0.2, 0.25) is 0 Å². The van der Waals surface area contributed by atoms with Gasteiger partial charge in [-0.25, -0.2) is 0 Å². The molecule has 0 radical (unpaired) electrons. The maximum Gasteiger partial charge on any atom is 0.254 e. The van der Waals surface area contributed by atoms with E-state index in [1.165, 1.54) is 0 Å². The first-order valence-corrected chi connectivity index (χ1v) is 8.90. The normalized spacial score (nSPS) is 13.9. The molecule has 138 valence electrons. The van der Waals surface area contributed by atoms with Gasteiger partial charge in [-0.3, -0.25) is 9.89 Å². The van der Waals surface area contributed by atoms with Crippen LogP contribution in [0.15, 0.2) is 54.7 Å². The van der Waals surface area contributed by atoms with Gasteiger partial charge in [-0.2, -0.15) is 5.10 Å². The van der Waals surface area contributed by atoms with Crippen LogP contribution in [0, 0.1) is 0 Å². The third kappa shape index (κ3) is 3.38.